The molecule has 1 aliphatic rings. The van der Waals surface area contributed by atoms with Crippen molar-refractivity contribution >= 4 is 11.6 Å². The van der Waals surface area contributed by atoms with Crippen molar-refractivity contribution in [3.05, 3.63) is 47.8 Å². The van der Waals surface area contributed by atoms with Gasteiger partial charge in [0.1, 0.15) is 6.54 Å². The third-order valence-corrected chi connectivity index (χ3v) is 3.86. The second kappa shape index (κ2) is 5.33. The van der Waals surface area contributed by atoms with Crippen LogP contribution in [0.5, 0.6) is 0 Å². The molecule has 5 nitrogen and oxygen atoms in total. The molecule has 1 aromatic heterocycles. The smallest absolute Gasteiger partial charge is 0.248 e. The Hall–Kier alpha value is -2.14. The summed E-state index contributed by atoms with van der Waals surface area (Å²) in [6.07, 6.45) is 2.00. The highest BCUT2D eigenvalue weighted by Gasteiger charge is 2.30. The quantitative estimate of drug-likeness (QED) is 0.937. The van der Waals surface area contributed by atoms with Gasteiger partial charge in [-0.05, 0) is 38.0 Å². The van der Waals surface area contributed by atoms with Gasteiger partial charge in [0.25, 0.3) is 0 Å². The van der Waals surface area contributed by atoms with Crippen LogP contribution in [0.1, 0.15) is 31.2 Å². The van der Waals surface area contributed by atoms with Gasteiger partial charge in [0.15, 0.2) is 0 Å². The van der Waals surface area contributed by atoms with E-state index in [1.807, 2.05) is 23.1 Å². The van der Waals surface area contributed by atoms with Crippen LogP contribution in [0, 0.1) is 0 Å². The van der Waals surface area contributed by atoms with Crippen LogP contribution in [0.2, 0.25) is 0 Å². The van der Waals surface area contributed by atoms with E-state index < -0.39 is 6.10 Å². The molecule has 2 atom stereocenters. The van der Waals surface area contributed by atoms with Crippen LogP contribution in [0.4, 0.5) is 5.69 Å². The van der Waals surface area contributed by atoms with E-state index in [4.69, 9.17) is 0 Å². The van der Waals surface area contributed by atoms with Gasteiger partial charge in [-0.3, -0.25) is 9.48 Å². The Labute approximate surface area is 123 Å². The predicted octanol–water partition coefficient (Wildman–Crippen LogP) is 1.91. The van der Waals surface area contributed by atoms with Gasteiger partial charge in [-0.25, -0.2) is 0 Å². The van der Waals surface area contributed by atoms with Crippen LogP contribution in [-0.2, 0) is 17.8 Å². The molecule has 1 aliphatic heterocycles. The topological polar surface area (TPSA) is 58.4 Å². The molecular weight excluding hydrogens is 266 g/mol. The van der Waals surface area contributed by atoms with Crippen molar-refractivity contribution in [3.63, 3.8) is 0 Å². The second-order valence-corrected chi connectivity index (χ2v) is 5.56. The number of aliphatic hydroxyl groups excluding tert-OH is 1. The van der Waals surface area contributed by atoms with Gasteiger partial charge in [-0.2, -0.15) is 5.10 Å². The van der Waals surface area contributed by atoms with Crippen LogP contribution in [0.3, 0.4) is 0 Å². The zero-order valence-electron chi connectivity index (χ0n) is 12.2. The Morgan fingerprint density at radius 1 is 1.43 bits per heavy atom. The fraction of sp³-hybridized carbons (Fsp3) is 0.375. The Morgan fingerprint density at radius 3 is 2.90 bits per heavy atom. The standard InChI is InChI=1S/C16H19N3O2/c1-11-9-13-5-3-4-6-15(13)19(11)16(21)10-18-8-7-14(17-18)12(2)20/h3-8,11-12,20H,9-10H2,1-2H3/t11-,12+/m0/s1. The van der Waals surface area contributed by atoms with Gasteiger partial charge in [0.2, 0.25) is 5.91 Å². The van der Waals surface area contributed by atoms with Crippen molar-refractivity contribution in [2.45, 2.75) is 39.0 Å². The van der Waals surface area contributed by atoms with Crippen molar-refractivity contribution in [1.29, 1.82) is 0 Å². The molecule has 0 unspecified atom stereocenters. The number of hydrogen-bond acceptors (Lipinski definition) is 3. The number of anilines is 1. The third-order valence-electron chi connectivity index (χ3n) is 3.86. The van der Waals surface area contributed by atoms with Crippen molar-refractivity contribution < 1.29 is 9.90 Å². The molecule has 3 rings (SSSR count). The molecule has 1 N–H and O–H groups in total. The first-order valence-electron chi connectivity index (χ1n) is 7.17. The normalized spacial score (nSPS) is 18.6. The summed E-state index contributed by atoms with van der Waals surface area (Å²) in [5, 5.41) is 13.7. The summed E-state index contributed by atoms with van der Waals surface area (Å²) in [4.78, 5) is 14.4. The first-order chi connectivity index (χ1) is 10.1. The van der Waals surface area contributed by atoms with Crippen molar-refractivity contribution in [2.24, 2.45) is 0 Å². The first-order valence-corrected chi connectivity index (χ1v) is 7.17. The molecule has 0 fully saturated rings. The van der Waals surface area contributed by atoms with Gasteiger partial charge in [0.05, 0.1) is 11.8 Å². The molecule has 0 aliphatic carbocycles. The lowest BCUT2D eigenvalue weighted by Crippen LogP contribution is -2.38. The number of fused-ring (bicyclic) bond motifs is 1. The maximum Gasteiger partial charge on any atom is 0.248 e. The molecule has 21 heavy (non-hydrogen) atoms. The van der Waals surface area contributed by atoms with Gasteiger partial charge < -0.3 is 10.0 Å². The number of amides is 1. The maximum atomic E-state index is 12.6. The minimum atomic E-state index is -0.618. The molecule has 1 aromatic carbocycles. The van der Waals surface area contributed by atoms with E-state index >= 15 is 0 Å². The second-order valence-electron chi connectivity index (χ2n) is 5.56. The van der Waals surface area contributed by atoms with E-state index in [-0.39, 0.29) is 18.5 Å². The van der Waals surface area contributed by atoms with E-state index in [0.717, 1.165) is 12.1 Å². The Balaban J connectivity index is 1.79. The highest BCUT2D eigenvalue weighted by atomic mass is 16.3. The van der Waals surface area contributed by atoms with Crippen molar-refractivity contribution in [3.8, 4) is 0 Å². The first kappa shape index (κ1) is 13.8. The molecule has 2 heterocycles. The van der Waals surface area contributed by atoms with E-state index in [1.165, 1.54) is 5.56 Å². The Morgan fingerprint density at radius 2 is 2.19 bits per heavy atom. The number of carbonyl (C=O) groups excluding carboxylic acids is 1. The summed E-state index contributed by atoms with van der Waals surface area (Å²) in [5.74, 6) is 0.0210. The van der Waals surface area contributed by atoms with Crippen LogP contribution >= 0.6 is 0 Å². The van der Waals surface area contributed by atoms with Gasteiger partial charge >= 0.3 is 0 Å². The highest BCUT2D eigenvalue weighted by molar-refractivity contribution is 5.96. The molecule has 2 aromatic rings. The Kier molecular flexibility index (Phi) is 3.51. The maximum absolute atomic E-state index is 12.6. The van der Waals surface area contributed by atoms with E-state index in [1.54, 1.807) is 23.9 Å². The number of aliphatic hydroxyl groups is 1. The number of carbonyl (C=O) groups is 1. The summed E-state index contributed by atoms with van der Waals surface area (Å²) in [7, 11) is 0. The van der Waals surface area contributed by atoms with Crippen LogP contribution in [-0.4, -0.2) is 26.8 Å². The lowest BCUT2D eigenvalue weighted by Gasteiger charge is -2.22. The monoisotopic (exact) mass is 285 g/mol. The lowest BCUT2D eigenvalue weighted by atomic mass is 10.1. The fourth-order valence-corrected chi connectivity index (χ4v) is 2.85. The van der Waals surface area contributed by atoms with Gasteiger partial charge in [-0.15, -0.1) is 0 Å². The van der Waals surface area contributed by atoms with E-state index in [9.17, 15) is 9.90 Å². The molecule has 1 amide bonds. The summed E-state index contributed by atoms with van der Waals surface area (Å²) in [6.45, 7) is 3.90. The van der Waals surface area contributed by atoms with E-state index in [2.05, 4.69) is 18.1 Å². The number of para-hydroxylation sites is 1. The molecule has 0 spiro atoms. The van der Waals surface area contributed by atoms with Crippen LogP contribution < -0.4 is 4.90 Å². The molecule has 0 radical (unpaired) electrons. The van der Waals surface area contributed by atoms with Crippen molar-refractivity contribution in [1.82, 2.24) is 9.78 Å². The number of rotatable bonds is 3. The summed E-state index contributed by atoms with van der Waals surface area (Å²) in [6, 6.07) is 9.92. The van der Waals surface area contributed by atoms with Gasteiger partial charge in [-0.1, -0.05) is 18.2 Å². The summed E-state index contributed by atoms with van der Waals surface area (Å²) < 4.78 is 1.58. The SMILES string of the molecule is C[C@@H](O)c1ccn(CC(=O)N2c3ccccc3C[C@@H]2C)n1. The Bertz CT molecular complexity index is 663. The van der Waals surface area contributed by atoms with Crippen molar-refractivity contribution in [2.75, 3.05) is 4.90 Å². The molecule has 5 heteroatoms. The van der Waals surface area contributed by atoms with Crippen LogP contribution in [0.25, 0.3) is 0 Å². The lowest BCUT2D eigenvalue weighted by molar-refractivity contribution is -0.119. The molecule has 0 bridgehead atoms. The minimum absolute atomic E-state index is 0.0210. The number of nitrogens with zero attached hydrogens (tertiary/aromatic N) is 3. The molecular formula is C16H19N3O2. The summed E-state index contributed by atoms with van der Waals surface area (Å²) >= 11 is 0. The predicted molar refractivity (Wildman–Crippen MR) is 80.0 cm³/mol. The minimum Gasteiger partial charge on any atom is -0.387 e. The highest BCUT2D eigenvalue weighted by Crippen LogP contribution is 2.31. The van der Waals surface area contributed by atoms with Crippen LogP contribution in [0.15, 0.2) is 36.5 Å². The molecule has 110 valence electrons. The van der Waals surface area contributed by atoms with E-state index in [0.29, 0.717) is 5.69 Å². The zero-order chi connectivity index (χ0) is 15.0. The average Bonchev–Trinajstić information content (AvgIpc) is 3.01. The average molecular weight is 285 g/mol. The zero-order valence-corrected chi connectivity index (χ0v) is 12.2. The number of hydrogen-bond donors (Lipinski definition) is 1. The number of benzene rings is 1. The largest absolute Gasteiger partial charge is 0.387 e. The van der Waals surface area contributed by atoms with Gasteiger partial charge in [0, 0.05) is 17.9 Å². The fourth-order valence-electron chi connectivity index (χ4n) is 2.85. The summed E-state index contributed by atoms with van der Waals surface area (Å²) in [5.41, 5.74) is 2.79. The number of aromatic nitrogens is 2. The molecule has 0 saturated heterocycles. The molecule has 0 saturated carbocycles. The third kappa shape index (κ3) is 2.56.